The van der Waals surface area contributed by atoms with Gasteiger partial charge >= 0.3 is 5.97 Å². The number of halogens is 1. The van der Waals surface area contributed by atoms with E-state index in [0.717, 1.165) is 11.0 Å². The minimum Gasteiger partial charge on any atom is -0.452 e. The van der Waals surface area contributed by atoms with E-state index in [2.05, 4.69) is 5.32 Å². The summed E-state index contributed by atoms with van der Waals surface area (Å²) in [6.45, 7) is -0.568. The van der Waals surface area contributed by atoms with Crippen LogP contribution in [0.4, 0.5) is 15.8 Å². The maximum Gasteiger partial charge on any atom is 0.338 e. The molecule has 0 aliphatic carbocycles. The maximum atomic E-state index is 13.1. The molecule has 2 aromatic carbocycles. The topological polar surface area (TPSA) is 92.8 Å². The van der Waals surface area contributed by atoms with Gasteiger partial charge in [0.15, 0.2) is 6.61 Å². The first-order chi connectivity index (χ1) is 12.9. The third-order valence-electron chi connectivity index (χ3n) is 3.83. The largest absolute Gasteiger partial charge is 0.452 e. The lowest BCUT2D eigenvalue weighted by atomic mass is 10.2. The van der Waals surface area contributed by atoms with Gasteiger partial charge < -0.3 is 10.1 Å². The van der Waals surface area contributed by atoms with Gasteiger partial charge in [-0.2, -0.15) is 0 Å². The Labute approximate surface area is 153 Å². The number of imide groups is 1. The molecule has 7 nitrogen and oxygen atoms in total. The highest BCUT2D eigenvalue weighted by molar-refractivity contribution is 6.20. The first kappa shape index (κ1) is 18.2. The Morgan fingerprint density at radius 3 is 2.44 bits per heavy atom. The van der Waals surface area contributed by atoms with Crippen LogP contribution in [0.5, 0.6) is 0 Å². The first-order valence-electron chi connectivity index (χ1n) is 8.12. The van der Waals surface area contributed by atoms with Gasteiger partial charge in [-0.25, -0.2) is 9.18 Å². The van der Waals surface area contributed by atoms with E-state index < -0.39 is 24.3 Å². The summed E-state index contributed by atoms with van der Waals surface area (Å²) in [4.78, 5) is 48.5. The summed E-state index contributed by atoms with van der Waals surface area (Å²) in [5.41, 5.74) is 0.615. The van der Waals surface area contributed by atoms with Gasteiger partial charge in [0.05, 0.1) is 11.3 Å². The molecule has 1 aliphatic heterocycles. The SMILES string of the molecule is O=C(COC(=O)c1cccc(N2C(=O)CCC2=O)c1)Nc1cccc(F)c1. The summed E-state index contributed by atoms with van der Waals surface area (Å²) in [6, 6.07) is 11.1. The van der Waals surface area contributed by atoms with Crippen molar-refractivity contribution in [1.82, 2.24) is 0 Å². The number of anilines is 2. The Bertz CT molecular complexity index is 912. The standard InChI is InChI=1S/C19H15FN2O5/c20-13-4-2-5-14(10-13)21-16(23)11-27-19(26)12-3-1-6-15(9-12)22-17(24)7-8-18(22)25/h1-6,9-10H,7-8,11H2,(H,21,23). The number of hydrogen-bond acceptors (Lipinski definition) is 5. The van der Waals surface area contributed by atoms with Gasteiger partial charge in [0.2, 0.25) is 11.8 Å². The monoisotopic (exact) mass is 370 g/mol. The molecule has 8 heteroatoms. The van der Waals surface area contributed by atoms with Crippen molar-refractivity contribution in [3.63, 3.8) is 0 Å². The lowest BCUT2D eigenvalue weighted by molar-refractivity contribution is -0.121. The molecule has 138 valence electrons. The van der Waals surface area contributed by atoms with Crippen LogP contribution in [0, 0.1) is 5.82 Å². The van der Waals surface area contributed by atoms with E-state index >= 15 is 0 Å². The predicted molar refractivity (Wildman–Crippen MR) is 93.5 cm³/mol. The summed E-state index contributed by atoms with van der Waals surface area (Å²) < 4.78 is 18.0. The smallest absolute Gasteiger partial charge is 0.338 e. The van der Waals surface area contributed by atoms with E-state index in [0.29, 0.717) is 0 Å². The minimum atomic E-state index is -0.787. The molecule has 0 spiro atoms. The zero-order chi connectivity index (χ0) is 19.4. The second-order valence-electron chi connectivity index (χ2n) is 5.81. The van der Waals surface area contributed by atoms with E-state index in [1.807, 2.05) is 0 Å². The van der Waals surface area contributed by atoms with Crippen LogP contribution in [0.15, 0.2) is 48.5 Å². The van der Waals surface area contributed by atoms with Gasteiger partial charge in [0.25, 0.3) is 5.91 Å². The molecule has 0 unspecified atom stereocenters. The fourth-order valence-corrected chi connectivity index (χ4v) is 2.61. The predicted octanol–water partition coefficient (Wildman–Crippen LogP) is 2.27. The van der Waals surface area contributed by atoms with Crippen LogP contribution in [-0.4, -0.2) is 30.3 Å². The van der Waals surface area contributed by atoms with Crippen molar-refractivity contribution < 1.29 is 28.3 Å². The number of carbonyl (C=O) groups is 4. The van der Waals surface area contributed by atoms with Gasteiger partial charge in [-0.05, 0) is 36.4 Å². The average Bonchev–Trinajstić information content (AvgIpc) is 2.98. The fraction of sp³-hybridized carbons (Fsp3) is 0.158. The van der Waals surface area contributed by atoms with Gasteiger partial charge in [-0.1, -0.05) is 12.1 Å². The van der Waals surface area contributed by atoms with Crippen LogP contribution in [0.25, 0.3) is 0 Å². The highest BCUT2D eigenvalue weighted by Crippen LogP contribution is 2.23. The summed E-state index contributed by atoms with van der Waals surface area (Å²) in [5, 5.41) is 2.40. The second kappa shape index (κ2) is 7.77. The molecule has 1 fully saturated rings. The molecule has 2 aromatic rings. The molecule has 0 radical (unpaired) electrons. The van der Waals surface area contributed by atoms with Crippen LogP contribution in [0.3, 0.4) is 0 Å². The number of hydrogen-bond donors (Lipinski definition) is 1. The molecule has 0 saturated carbocycles. The highest BCUT2D eigenvalue weighted by atomic mass is 19.1. The number of ether oxygens (including phenoxy) is 1. The van der Waals surface area contributed by atoms with Crippen LogP contribution in [-0.2, 0) is 19.1 Å². The normalized spacial score (nSPS) is 13.6. The number of carbonyl (C=O) groups excluding carboxylic acids is 4. The zero-order valence-electron chi connectivity index (χ0n) is 14.1. The Morgan fingerprint density at radius 1 is 1.04 bits per heavy atom. The Balaban J connectivity index is 1.61. The summed E-state index contributed by atoms with van der Waals surface area (Å²) >= 11 is 0. The quantitative estimate of drug-likeness (QED) is 0.644. The van der Waals surface area contributed by atoms with Crippen LogP contribution >= 0.6 is 0 Å². The number of nitrogens with zero attached hydrogens (tertiary/aromatic N) is 1. The van der Waals surface area contributed by atoms with E-state index in [-0.39, 0.29) is 41.6 Å². The molecule has 0 bridgehead atoms. The molecule has 0 atom stereocenters. The van der Waals surface area contributed by atoms with Crippen molar-refractivity contribution in [2.75, 3.05) is 16.8 Å². The number of benzene rings is 2. The van der Waals surface area contributed by atoms with E-state index in [1.54, 1.807) is 0 Å². The third kappa shape index (κ3) is 4.35. The molecule has 1 heterocycles. The summed E-state index contributed by atoms with van der Waals surface area (Å²) in [7, 11) is 0. The lowest BCUT2D eigenvalue weighted by Crippen LogP contribution is -2.28. The first-order valence-corrected chi connectivity index (χ1v) is 8.12. The molecule has 1 aliphatic rings. The molecular weight excluding hydrogens is 355 g/mol. The van der Waals surface area contributed by atoms with Gasteiger partial charge in [0.1, 0.15) is 5.82 Å². The molecule has 0 aromatic heterocycles. The van der Waals surface area contributed by atoms with Crippen molar-refractivity contribution in [3.8, 4) is 0 Å². The number of amides is 3. The van der Waals surface area contributed by atoms with E-state index in [1.165, 1.54) is 42.5 Å². The van der Waals surface area contributed by atoms with Crippen LogP contribution in [0.1, 0.15) is 23.2 Å². The van der Waals surface area contributed by atoms with E-state index in [4.69, 9.17) is 4.74 Å². The zero-order valence-corrected chi connectivity index (χ0v) is 14.1. The minimum absolute atomic E-state index is 0.0959. The van der Waals surface area contributed by atoms with Crippen molar-refractivity contribution in [2.24, 2.45) is 0 Å². The molecule has 3 amide bonds. The molecule has 3 rings (SSSR count). The Kier molecular flexibility index (Phi) is 5.25. The molecule has 1 N–H and O–H groups in total. The van der Waals surface area contributed by atoms with Gasteiger partial charge in [-0.3, -0.25) is 19.3 Å². The average molecular weight is 370 g/mol. The van der Waals surface area contributed by atoms with E-state index in [9.17, 15) is 23.6 Å². The third-order valence-corrected chi connectivity index (χ3v) is 3.83. The van der Waals surface area contributed by atoms with Crippen LogP contribution in [0.2, 0.25) is 0 Å². The van der Waals surface area contributed by atoms with Crippen molar-refractivity contribution >= 4 is 35.1 Å². The number of esters is 1. The summed E-state index contributed by atoms with van der Waals surface area (Å²) in [6.07, 6.45) is 0.265. The molecule has 1 saturated heterocycles. The van der Waals surface area contributed by atoms with Crippen molar-refractivity contribution in [1.29, 1.82) is 0 Å². The van der Waals surface area contributed by atoms with Gasteiger partial charge in [0, 0.05) is 18.5 Å². The lowest BCUT2D eigenvalue weighted by Gasteiger charge is -2.14. The Morgan fingerprint density at radius 2 is 1.74 bits per heavy atom. The van der Waals surface area contributed by atoms with Crippen molar-refractivity contribution in [3.05, 3.63) is 59.9 Å². The maximum absolute atomic E-state index is 13.1. The number of rotatable bonds is 5. The van der Waals surface area contributed by atoms with Crippen molar-refractivity contribution in [2.45, 2.75) is 12.8 Å². The summed E-state index contributed by atoms with van der Waals surface area (Å²) in [5.74, 6) is -2.59. The number of nitrogens with one attached hydrogen (secondary N) is 1. The van der Waals surface area contributed by atoms with Crippen LogP contribution < -0.4 is 10.2 Å². The fourth-order valence-electron chi connectivity index (χ4n) is 2.61. The Hall–Kier alpha value is -3.55. The second-order valence-corrected chi connectivity index (χ2v) is 5.81. The molecular formula is C19H15FN2O5. The highest BCUT2D eigenvalue weighted by Gasteiger charge is 2.30. The van der Waals surface area contributed by atoms with Gasteiger partial charge in [-0.15, -0.1) is 0 Å². The molecule has 27 heavy (non-hydrogen) atoms.